The number of hydrogen-bond acceptors (Lipinski definition) is 5. The second kappa shape index (κ2) is 6.53. The normalized spacial score (nSPS) is 12.5. The molecule has 1 unspecified atom stereocenters. The summed E-state index contributed by atoms with van der Waals surface area (Å²) in [6, 6.07) is 6.92. The number of nitrogens with zero attached hydrogens (tertiary/aromatic N) is 2. The first kappa shape index (κ1) is 15.9. The summed E-state index contributed by atoms with van der Waals surface area (Å²) in [5.74, 6) is 0.395. The predicted molar refractivity (Wildman–Crippen MR) is 84.4 cm³/mol. The van der Waals surface area contributed by atoms with E-state index < -0.39 is 11.7 Å². The summed E-state index contributed by atoms with van der Waals surface area (Å²) in [7, 11) is 0. The number of aromatic nitrogens is 2. The molecule has 3 N–H and O–H groups in total. The highest BCUT2D eigenvalue weighted by molar-refractivity contribution is 5.83. The van der Waals surface area contributed by atoms with Crippen LogP contribution in [0.1, 0.15) is 37.9 Å². The molecule has 0 aromatic carbocycles. The number of ether oxygens (including phenoxy) is 1. The molecular formula is C16H20N4O2. The number of amides is 1. The lowest BCUT2D eigenvalue weighted by Gasteiger charge is -2.19. The number of anilines is 1. The molecule has 6 heteroatoms. The fourth-order valence-electron chi connectivity index (χ4n) is 1.87. The molecule has 116 valence electrons. The number of rotatable bonds is 3. The van der Waals surface area contributed by atoms with E-state index in [1.54, 1.807) is 51.5 Å². The van der Waals surface area contributed by atoms with Crippen LogP contribution < -0.4 is 11.1 Å². The van der Waals surface area contributed by atoms with Gasteiger partial charge >= 0.3 is 6.09 Å². The smallest absolute Gasteiger partial charge is 0.413 e. The molecule has 2 rings (SSSR count). The highest BCUT2D eigenvalue weighted by Gasteiger charge is 2.17. The maximum absolute atomic E-state index is 11.8. The van der Waals surface area contributed by atoms with Crippen molar-refractivity contribution in [3.05, 3.63) is 54.0 Å². The molecule has 1 atom stereocenters. The van der Waals surface area contributed by atoms with E-state index in [0.29, 0.717) is 5.82 Å². The molecule has 22 heavy (non-hydrogen) atoms. The molecule has 0 bridgehead atoms. The zero-order chi connectivity index (χ0) is 16.2. The van der Waals surface area contributed by atoms with Crippen molar-refractivity contribution < 1.29 is 9.53 Å². The van der Waals surface area contributed by atoms with Gasteiger partial charge in [-0.05, 0) is 50.1 Å². The zero-order valence-electron chi connectivity index (χ0n) is 12.9. The molecule has 0 aliphatic carbocycles. The Balaban J connectivity index is 2.12. The Morgan fingerprint density at radius 1 is 1.27 bits per heavy atom. The van der Waals surface area contributed by atoms with Crippen LogP contribution in [0.4, 0.5) is 10.6 Å². The first-order chi connectivity index (χ1) is 10.3. The van der Waals surface area contributed by atoms with Gasteiger partial charge in [0.25, 0.3) is 0 Å². The molecular weight excluding hydrogens is 280 g/mol. The SMILES string of the molecule is CC(C)(C)OC(=O)Nc1cc(C(N)c2cccnc2)ccn1. The zero-order valence-corrected chi connectivity index (χ0v) is 12.9. The molecule has 0 radical (unpaired) electrons. The lowest BCUT2D eigenvalue weighted by atomic mass is 10.0. The van der Waals surface area contributed by atoms with Crippen LogP contribution in [0.5, 0.6) is 0 Å². The molecule has 0 saturated carbocycles. The molecule has 0 aliphatic heterocycles. The van der Waals surface area contributed by atoms with E-state index in [-0.39, 0.29) is 6.04 Å². The third kappa shape index (κ3) is 4.53. The molecule has 2 aromatic heterocycles. The summed E-state index contributed by atoms with van der Waals surface area (Å²) in [5, 5.41) is 2.60. The first-order valence-corrected chi connectivity index (χ1v) is 6.96. The number of nitrogens with two attached hydrogens (primary N) is 1. The Morgan fingerprint density at radius 2 is 2.05 bits per heavy atom. The van der Waals surface area contributed by atoms with E-state index in [0.717, 1.165) is 11.1 Å². The van der Waals surface area contributed by atoms with Crippen molar-refractivity contribution in [1.82, 2.24) is 9.97 Å². The Kier molecular flexibility index (Phi) is 4.72. The Hall–Kier alpha value is -2.47. The largest absolute Gasteiger partial charge is 0.444 e. The van der Waals surface area contributed by atoms with Crippen molar-refractivity contribution in [3.8, 4) is 0 Å². The topological polar surface area (TPSA) is 90.1 Å². The van der Waals surface area contributed by atoms with E-state index in [4.69, 9.17) is 10.5 Å². The van der Waals surface area contributed by atoms with Gasteiger partial charge in [-0.15, -0.1) is 0 Å². The second-order valence-electron chi connectivity index (χ2n) is 5.87. The molecule has 0 spiro atoms. The number of hydrogen-bond donors (Lipinski definition) is 2. The van der Waals surface area contributed by atoms with Crippen LogP contribution >= 0.6 is 0 Å². The van der Waals surface area contributed by atoms with Gasteiger partial charge in [-0.2, -0.15) is 0 Å². The standard InChI is InChI=1S/C16H20N4O2/c1-16(2,3)22-15(21)20-13-9-11(6-8-19-13)14(17)12-5-4-7-18-10-12/h4-10,14H,17H2,1-3H3,(H,19,20,21). The molecule has 1 amide bonds. The molecule has 2 heterocycles. The highest BCUT2D eigenvalue weighted by Crippen LogP contribution is 2.20. The van der Waals surface area contributed by atoms with Gasteiger partial charge in [-0.25, -0.2) is 9.78 Å². The van der Waals surface area contributed by atoms with Crippen LogP contribution in [0.2, 0.25) is 0 Å². The minimum absolute atomic E-state index is 0.337. The van der Waals surface area contributed by atoms with E-state index in [1.165, 1.54) is 0 Å². The lowest BCUT2D eigenvalue weighted by Crippen LogP contribution is -2.27. The van der Waals surface area contributed by atoms with Crippen LogP contribution in [0.3, 0.4) is 0 Å². The Labute approximate surface area is 129 Å². The van der Waals surface area contributed by atoms with Crippen LogP contribution in [0.15, 0.2) is 42.9 Å². The molecule has 0 aliphatic rings. The van der Waals surface area contributed by atoms with Crippen LogP contribution in [0, 0.1) is 0 Å². The maximum atomic E-state index is 11.8. The lowest BCUT2D eigenvalue weighted by molar-refractivity contribution is 0.0635. The van der Waals surface area contributed by atoms with Gasteiger partial charge < -0.3 is 10.5 Å². The number of pyridine rings is 2. The molecule has 6 nitrogen and oxygen atoms in total. The fourth-order valence-corrected chi connectivity index (χ4v) is 1.87. The van der Waals surface area contributed by atoms with Crippen LogP contribution in [-0.2, 0) is 4.74 Å². The van der Waals surface area contributed by atoms with Crippen molar-refractivity contribution in [1.29, 1.82) is 0 Å². The predicted octanol–water partition coefficient (Wildman–Crippen LogP) is 2.87. The monoisotopic (exact) mass is 300 g/mol. The van der Waals surface area contributed by atoms with Crippen molar-refractivity contribution in [2.75, 3.05) is 5.32 Å². The number of nitrogens with one attached hydrogen (secondary N) is 1. The summed E-state index contributed by atoms with van der Waals surface area (Å²) in [6.07, 6.45) is 4.45. The van der Waals surface area contributed by atoms with Gasteiger partial charge in [0.2, 0.25) is 0 Å². The van der Waals surface area contributed by atoms with Crippen LogP contribution in [0.25, 0.3) is 0 Å². The van der Waals surface area contributed by atoms with Gasteiger partial charge in [-0.1, -0.05) is 6.07 Å². The highest BCUT2D eigenvalue weighted by atomic mass is 16.6. The average Bonchev–Trinajstić information content (AvgIpc) is 2.45. The summed E-state index contributed by atoms with van der Waals surface area (Å²) in [5.41, 5.74) is 7.36. The van der Waals surface area contributed by atoms with Crippen molar-refractivity contribution in [3.63, 3.8) is 0 Å². The quantitative estimate of drug-likeness (QED) is 0.909. The summed E-state index contributed by atoms with van der Waals surface area (Å²) < 4.78 is 5.20. The van der Waals surface area contributed by atoms with Gasteiger partial charge in [0.15, 0.2) is 0 Å². The van der Waals surface area contributed by atoms with E-state index in [9.17, 15) is 4.79 Å². The average molecular weight is 300 g/mol. The fraction of sp³-hybridized carbons (Fsp3) is 0.312. The van der Waals surface area contributed by atoms with E-state index in [2.05, 4.69) is 15.3 Å². The second-order valence-corrected chi connectivity index (χ2v) is 5.87. The molecule has 0 saturated heterocycles. The molecule has 2 aromatic rings. The minimum Gasteiger partial charge on any atom is -0.444 e. The van der Waals surface area contributed by atoms with Crippen LogP contribution in [-0.4, -0.2) is 21.7 Å². The van der Waals surface area contributed by atoms with Gasteiger partial charge in [0.1, 0.15) is 11.4 Å². The summed E-state index contributed by atoms with van der Waals surface area (Å²) in [4.78, 5) is 19.9. The summed E-state index contributed by atoms with van der Waals surface area (Å²) >= 11 is 0. The van der Waals surface area contributed by atoms with Crippen molar-refractivity contribution in [2.24, 2.45) is 5.73 Å². The van der Waals surface area contributed by atoms with Crippen molar-refractivity contribution in [2.45, 2.75) is 32.4 Å². The van der Waals surface area contributed by atoms with Gasteiger partial charge in [0.05, 0.1) is 6.04 Å². The van der Waals surface area contributed by atoms with Gasteiger partial charge in [0, 0.05) is 18.6 Å². The summed E-state index contributed by atoms with van der Waals surface area (Å²) in [6.45, 7) is 5.40. The Bertz CT molecular complexity index is 638. The van der Waals surface area contributed by atoms with E-state index in [1.807, 2.05) is 12.1 Å². The third-order valence-corrected chi connectivity index (χ3v) is 2.82. The van der Waals surface area contributed by atoms with Crippen molar-refractivity contribution >= 4 is 11.9 Å². The van der Waals surface area contributed by atoms with E-state index >= 15 is 0 Å². The first-order valence-electron chi connectivity index (χ1n) is 6.96. The number of carbonyl (C=O) groups excluding carboxylic acids is 1. The minimum atomic E-state index is -0.562. The number of carbonyl (C=O) groups is 1. The third-order valence-electron chi connectivity index (χ3n) is 2.82. The van der Waals surface area contributed by atoms with Gasteiger partial charge in [-0.3, -0.25) is 10.3 Å². The maximum Gasteiger partial charge on any atom is 0.413 e. The molecule has 0 fully saturated rings. The Morgan fingerprint density at radius 3 is 2.68 bits per heavy atom.